The number of aliphatic hydroxyl groups excluding tert-OH is 1. The van der Waals surface area contributed by atoms with E-state index in [1.165, 1.54) is 0 Å². The third-order valence-electron chi connectivity index (χ3n) is 1.49. The van der Waals surface area contributed by atoms with E-state index in [4.69, 9.17) is 5.11 Å². The number of nitrogens with zero attached hydrogens (tertiary/aromatic N) is 1. The second-order valence-corrected chi connectivity index (χ2v) is 2.35. The predicted molar refractivity (Wildman–Crippen MR) is 38.4 cm³/mol. The molecule has 0 spiro atoms. The Labute approximate surface area is 69.2 Å². The minimum absolute atomic E-state index is 0.200. The summed E-state index contributed by atoms with van der Waals surface area (Å²) in [7, 11) is 0. The lowest BCUT2D eigenvalue weighted by Crippen LogP contribution is -2.34. The van der Waals surface area contributed by atoms with Crippen LogP contribution in [0.2, 0.25) is 0 Å². The van der Waals surface area contributed by atoms with Crippen molar-refractivity contribution in [2.75, 3.05) is 0 Å². The molecule has 0 radical (unpaired) electrons. The van der Waals surface area contributed by atoms with Gasteiger partial charge in [0.15, 0.2) is 6.23 Å². The van der Waals surface area contributed by atoms with E-state index in [1.807, 2.05) is 0 Å². The minimum atomic E-state index is -1.01. The van der Waals surface area contributed by atoms with Gasteiger partial charge in [0.2, 0.25) is 0 Å². The van der Waals surface area contributed by atoms with E-state index in [0.29, 0.717) is 11.5 Å². The molecule has 1 heterocycles. The van der Waals surface area contributed by atoms with Crippen LogP contribution in [0.25, 0.3) is 0 Å². The average Bonchev–Trinajstić information content (AvgIpc) is 2.35. The Balaban J connectivity index is 2.55. The van der Waals surface area contributed by atoms with E-state index in [9.17, 15) is 9.59 Å². The van der Waals surface area contributed by atoms with Crippen LogP contribution >= 0.6 is 0 Å². The molecule has 5 heteroatoms. The highest BCUT2D eigenvalue weighted by atomic mass is 16.7. The van der Waals surface area contributed by atoms with Gasteiger partial charge in [-0.3, -0.25) is 4.79 Å². The van der Waals surface area contributed by atoms with Crippen LogP contribution in [0.4, 0.5) is 0 Å². The van der Waals surface area contributed by atoms with Crippen molar-refractivity contribution >= 4 is 11.9 Å². The normalized spacial score (nSPS) is 22.6. The molecule has 1 atom stereocenters. The summed E-state index contributed by atoms with van der Waals surface area (Å²) in [5.74, 6) is -1.14. The van der Waals surface area contributed by atoms with Crippen LogP contribution in [0.3, 0.4) is 0 Å². The van der Waals surface area contributed by atoms with E-state index in [0.717, 1.165) is 6.08 Å². The second kappa shape index (κ2) is 3.36. The maximum absolute atomic E-state index is 10.9. The van der Waals surface area contributed by atoms with Gasteiger partial charge < -0.3 is 9.94 Å². The molecule has 1 rings (SSSR count). The van der Waals surface area contributed by atoms with E-state index in [2.05, 4.69) is 11.4 Å². The first-order valence-corrected chi connectivity index (χ1v) is 3.49. The molecule has 1 amide bonds. The standard InChI is InChI=1S/C7H9NO4/c1-2-7(11)12-8-5(9)3-4-6(8)10/h2,5,9H,1,3-4H2. The first-order valence-electron chi connectivity index (χ1n) is 3.49. The van der Waals surface area contributed by atoms with Crippen LogP contribution < -0.4 is 0 Å². The highest BCUT2D eigenvalue weighted by Crippen LogP contribution is 2.16. The smallest absolute Gasteiger partial charge is 0.355 e. The number of hydroxylamine groups is 2. The molecule has 0 aromatic carbocycles. The van der Waals surface area contributed by atoms with Crippen LogP contribution in [0.15, 0.2) is 12.7 Å². The quantitative estimate of drug-likeness (QED) is 0.572. The number of carbonyl (C=O) groups excluding carboxylic acids is 2. The van der Waals surface area contributed by atoms with Gasteiger partial charge >= 0.3 is 5.97 Å². The number of amides is 1. The third-order valence-corrected chi connectivity index (χ3v) is 1.49. The zero-order valence-corrected chi connectivity index (χ0v) is 6.40. The second-order valence-electron chi connectivity index (χ2n) is 2.35. The van der Waals surface area contributed by atoms with Gasteiger partial charge in [-0.05, 0) is 0 Å². The van der Waals surface area contributed by atoms with E-state index >= 15 is 0 Å². The Morgan fingerprint density at radius 2 is 2.50 bits per heavy atom. The van der Waals surface area contributed by atoms with Crippen molar-refractivity contribution in [2.45, 2.75) is 19.1 Å². The molecule has 1 unspecified atom stereocenters. The fraction of sp³-hybridized carbons (Fsp3) is 0.429. The number of hydrogen-bond donors (Lipinski definition) is 1. The topological polar surface area (TPSA) is 66.8 Å². The maximum Gasteiger partial charge on any atom is 0.355 e. The molecule has 1 aliphatic heterocycles. The van der Waals surface area contributed by atoms with Crippen molar-refractivity contribution < 1.29 is 19.5 Å². The average molecular weight is 171 g/mol. The summed E-state index contributed by atoms with van der Waals surface area (Å²) in [5, 5.41) is 9.77. The summed E-state index contributed by atoms with van der Waals surface area (Å²) >= 11 is 0. The lowest BCUT2D eigenvalue weighted by Gasteiger charge is -2.17. The molecule has 0 aliphatic carbocycles. The van der Waals surface area contributed by atoms with E-state index in [-0.39, 0.29) is 6.42 Å². The van der Waals surface area contributed by atoms with Crippen molar-refractivity contribution in [2.24, 2.45) is 0 Å². The molecular formula is C7H9NO4. The molecular weight excluding hydrogens is 162 g/mol. The Morgan fingerprint density at radius 1 is 1.83 bits per heavy atom. The molecule has 5 nitrogen and oxygen atoms in total. The Hall–Kier alpha value is -1.36. The van der Waals surface area contributed by atoms with Crippen LogP contribution in [0.1, 0.15) is 12.8 Å². The number of hydrogen-bond acceptors (Lipinski definition) is 4. The fourth-order valence-corrected chi connectivity index (χ4v) is 0.892. The highest BCUT2D eigenvalue weighted by molar-refractivity contribution is 5.84. The summed E-state index contributed by atoms with van der Waals surface area (Å²) < 4.78 is 0. The van der Waals surface area contributed by atoms with Crippen molar-refractivity contribution in [1.29, 1.82) is 0 Å². The minimum Gasteiger partial charge on any atom is -0.370 e. The van der Waals surface area contributed by atoms with Gasteiger partial charge in [0.05, 0.1) is 0 Å². The van der Waals surface area contributed by atoms with Gasteiger partial charge in [0.1, 0.15) is 0 Å². The van der Waals surface area contributed by atoms with Gasteiger partial charge in [-0.25, -0.2) is 4.79 Å². The number of carbonyl (C=O) groups is 2. The summed E-state index contributed by atoms with van der Waals surface area (Å²) in [6, 6.07) is 0. The maximum atomic E-state index is 10.9. The summed E-state index contributed by atoms with van der Waals surface area (Å²) in [5.41, 5.74) is 0. The monoisotopic (exact) mass is 171 g/mol. The Bertz CT molecular complexity index is 225. The summed E-state index contributed by atoms with van der Waals surface area (Å²) in [4.78, 5) is 26.0. The predicted octanol–water partition coefficient (Wildman–Crippen LogP) is -0.429. The molecule has 66 valence electrons. The van der Waals surface area contributed by atoms with E-state index in [1.54, 1.807) is 0 Å². The zero-order chi connectivity index (χ0) is 9.14. The Morgan fingerprint density at radius 3 is 2.92 bits per heavy atom. The number of aliphatic hydroxyl groups is 1. The summed E-state index contributed by atoms with van der Waals surface area (Å²) in [6.07, 6.45) is 0.411. The van der Waals surface area contributed by atoms with Crippen molar-refractivity contribution in [3.8, 4) is 0 Å². The van der Waals surface area contributed by atoms with Gasteiger partial charge in [0, 0.05) is 18.9 Å². The van der Waals surface area contributed by atoms with Gasteiger partial charge in [-0.1, -0.05) is 6.58 Å². The van der Waals surface area contributed by atoms with Gasteiger partial charge in [-0.2, -0.15) is 0 Å². The molecule has 0 aromatic rings. The lowest BCUT2D eigenvalue weighted by atomic mass is 10.4. The molecule has 1 N–H and O–H groups in total. The SMILES string of the molecule is C=CC(=O)ON1C(=O)CCC1O. The number of rotatable bonds is 2. The van der Waals surface area contributed by atoms with Crippen molar-refractivity contribution in [3.63, 3.8) is 0 Å². The third kappa shape index (κ3) is 1.62. The van der Waals surface area contributed by atoms with Crippen molar-refractivity contribution in [3.05, 3.63) is 12.7 Å². The molecule has 0 bridgehead atoms. The molecule has 0 aromatic heterocycles. The van der Waals surface area contributed by atoms with Crippen LogP contribution in [0, 0.1) is 0 Å². The lowest BCUT2D eigenvalue weighted by molar-refractivity contribution is -0.216. The molecule has 1 fully saturated rings. The summed E-state index contributed by atoms with van der Waals surface area (Å²) in [6.45, 7) is 3.16. The molecule has 12 heavy (non-hydrogen) atoms. The Kier molecular flexibility index (Phi) is 2.44. The van der Waals surface area contributed by atoms with Crippen LogP contribution in [-0.2, 0) is 14.4 Å². The van der Waals surface area contributed by atoms with Gasteiger partial charge in [-0.15, -0.1) is 5.06 Å². The molecule has 0 saturated carbocycles. The van der Waals surface area contributed by atoms with Gasteiger partial charge in [0.25, 0.3) is 5.91 Å². The zero-order valence-electron chi connectivity index (χ0n) is 6.40. The fourth-order valence-electron chi connectivity index (χ4n) is 0.892. The largest absolute Gasteiger partial charge is 0.370 e. The highest BCUT2D eigenvalue weighted by Gasteiger charge is 2.32. The van der Waals surface area contributed by atoms with E-state index < -0.39 is 18.1 Å². The van der Waals surface area contributed by atoms with Crippen LogP contribution in [0.5, 0.6) is 0 Å². The van der Waals surface area contributed by atoms with Crippen molar-refractivity contribution in [1.82, 2.24) is 5.06 Å². The first-order chi connectivity index (χ1) is 5.65. The van der Waals surface area contributed by atoms with Crippen LogP contribution in [-0.4, -0.2) is 28.3 Å². The molecule has 1 saturated heterocycles. The molecule has 1 aliphatic rings. The first kappa shape index (κ1) is 8.73.